The highest BCUT2D eigenvalue weighted by atomic mass is 32.2. The number of hydrogen-bond donors (Lipinski definition) is 3. The Hall–Kier alpha value is -4.18. The lowest BCUT2D eigenvalue weighted by Gasteiger charge is -2.34. The van der Waals surface area contributed by atoms with Gasteiger partial charge < -0.3 is 19.5 Å². The molecule has 0 spiro atoms. The van der Waals surface area contributed by atoms with E-state index in [9.17, 15) is 36.9 Å². The maximum atomic E-state index is 12.6. The Balaban J connectivity index is 0.000000276. The minimum absolute atomic E-state index is 0.0864. The number of benzene rings is 4. The first-order valence-electron chi connectivity index (χ1n) is 16.3. The van der Waals surface area contributed by atoms with Gasteiger partial charge in [0.2, 0.25) is 0 Å². The van der Waals surface area contributed by atoms with Crippen LogP contribution in [0.5, 0.6) is 23.0 Å². The highest BCUT2D eigenvalue weighted by molar-refractivity contribution is 7.88. The second-order valence-electron chi connectivity index (χ2n) is 12.5. The summed E-state index contributed by atoms with van der Waals surface area (Å²) in [5, 5.41) is 29.4. The summed E-state index contributed by atoms with van der Waals surface area (Å²) in [5.41, 5.74) is 1.01. The maximum absolute atomic E-state index is 12.6. The summed E-state index contributed by atoms with van der Waals surface area (Å²) >= 11 is 0. The second kappa shape index (κ2) is 15.2. The summed E-state index contributed by atoms with van der Waals surface area (Å²) in [6, 6.07) is 21.5. The Kier molecular flexibility index (Phi) is 12.1. The Morgan fingerprint density at radius 1 is 0.531 bits per heavy atom. The molecule has 0 aromatic heterocycles. The largest absolute Gasteiger partial charge is 0.534 e. The molecule has 266 valence electrons. The van der Waals surface area contributed by atoms with Crippen LogP contribution in [0.15, 0.2) is 72.8 Å². The standard InChI is InChI=1S/C20H23F3O4S.C19H24O2/c1-5-19(6-2,15-7-9-17(24)13(3)11-15)16-8-10-18(14(4)12-16)27-28(25,26)20(21,22)23;1-5-19(6-2,15-7-9-17(20)13(3)11-15)16-8-10-18(21)14(4)12-16/h7-12,24H,5-6H2,1-4H3;7-12,20-21H,5-6H2,1-4H3. The van der Waals surface area contributed by atoms with Gasteiger partial charge in [-0.2, -0.15) is 21.6 Å². The van der Waals surface area contributed by atoms with Crippen molar-refractivity contribution >= 4 is 10.1 Å². The molecule has 0 heterocycles. The van der Waals surface area contributed by atoms with Crippen molar-refractivity contribution in [3.63, 3.8) is 0 Å². The summed E-state index contributed by atoms with van der Waals surface area (Å²) in [5.74, 6) is 0.495. The summed E-state index contributed by atoms with van der Waals surface area (Å²) in [7, 11) is -5.72. The van der Waals surface area contributed by atoms with Gasteiger partial charge in [-0.3, -0.25) is 0 Å². The molecule has 4 rings (SSSR count). The molecule has 10 heteroatoms. The molecule has 0 bridgehead atoms. The smallest absolute Gasteiger partial charge is 0.508 e. The molecule has 6 nitrogen and oxygen atoms in total. The van der Waals surface area contributed by atoms with Crippen molar-refractivity contribution in [2.45, 2.75) is 97.4 Å². The number of aromatic hydroxyl groups is 3. The molecule has 3 N–H and O–H groups in total. The fourth-order valence-corrected chi connectivity index (χ4v) is 7.05. The molecule has 0 aliphatic heterocycles. The Labute approximate surface area is 288 Å². The van der Waals surface area contributed by atoms with Gasteiger partial charge in [-0.05, 0) is 122 Å². The van der Waals surface area contributed by atoms with E-state index < -0.39 is 21.0 Å². The molecule has 0 saturated heterocycles. The second-order valence-corrected chi connectivity index (χ2v) is 14.1. The molecule has 49 heavy (non-hydrogen) atoms. The van der Waals surface area contributed by atoms with E-state index in [2.05, 4.69) is 30.2 Å². The Morgan fingerprint density at radius 3 is 1.06 bits per heavy atom. The van der Waals surface area contributed by atoms with Gasteiger partial charge in [0.15, 0.2) is 0 Å². The predicted octanol–water partition coefficient (Wildman–Crippen LogP) is 10.2. The highest BCUT2D eigenvalue weighted by Gasteiger charge is 2.48. The first-order chi connectivity index (χ1) is 22.8. The number of aryl methyl sites for hydroxylation is 4. The fraction of sp³-hybridized carbons (Fsp3) is 0.385. The lowest BCUT2D eigenvalue weighted by molar-refractivity contribution is -0.0500. The number of alkyl halides is 3. The Bertz CT molecular complexity index is 1820. The SMILES string of the molecule is CCC(CC)(c1ccc(O)c(C)c1)c1ccc(O)c(C)c1.CCC(CC)(c1ccc(O)c(C)c1)c1ccc(OS(=O)(=O)C(F)(F)F)c(C)c1. The molecule has 0 atom stereocenters. The van der Waals surface area contributed by atoms with E-state index in [1.165, 1.54) is 24.1 Å². The highest BCUT2D eigenvalue weighted by Crippen LogP contribution is 2.43. The van der Waals surface area contributed by atoms with Crippen molar-refractivity contribution in [3.05, 3.63) is 117 Å². The van der Waals surface area contributed by atoms with E-state index in [-0.39, 0.29) is 22.5 Å². The summed E-state index contributed by atoms with van der Waals surface area (Å²) in [6.45, 7) is 15.5. The zero-order chi connectivity index (χ0) is 36.9. The first kappa shape index (κ1) is 39.3. The third-order valence-electron chi connectivity index (χ3n) is 9.87. The van der Waals surface area contributed by atoms with Crippen molar-refractivity contribution in [2.24, 2.45) is 0 Å². The van der Waals surface area contributed by atoms with Crippen molar-refractivity contribution in [2.75, 3.05) is 0 Å². The van der Waals surface area contributed by atoms with E-state index in [0.29, 0.717) is 24.3 Å². The van der Waals surface area contributed by atoms with E-state index in [0.717, 1.165) is 40.7 Å². The predicted molar refractivity (Wildman–Crippen MR) is 188 cm³/mol. The Morgan fingerprint density at radius 2 is 0.816 bits per heavy atom. The molecule has 0 fully saturated rings. The van der Waals surface area contributed by atoms with Gasteiger partial charge in [-0.25, -0.2) is 0 Å². The summed E-state index contributed by atoms with van der Waals surface area (Å²) in [4.78, 5) is 0. The molecule has 0 saturated carbocycles. The number of hydrogen-bond acceptors (Lipinski definition) is 6. The average Bonchev–Trinajstić information content (AvgIpc) is 3.04. The van der Waals surface area contributed by atoms with Gasteiger partial charge in [0.05, 0.1) is 0 Å². The lowest BCUT2D eigenvalue weighted by Crippen LogP contribution is -2.29. The number of phenols is 3. The van der Waals surface area contributed by atoms with E-state index in [1.54, 1.807) is 37.3 Å². The molecule has 4 aromatic rings. The first-order valence-corrected chi connectivity index (χ1v) is 17.7. The molecule has 0 aliphatic rings. The van der Waals surface area contributed by atoms with Crippen LogP contribution < -0.4 is 4.18 Å². The number of rotatable bonds is 10. The van der Waals surface area contributed by atoms with Crippen molar-refractivity contribution in [1.29, 1.82) is 0 Å². The van der Waals surface area contributed by atoms with E-state index in [1.807, 2.05) is 52.0 Å². The van der Waals surface area contributed by atoms with Crippen LogP contribution in [0.1, 0.15) is 97.9 Å². The quantitative estimate of drug-likeness (QED) is 0.112. The number of phenolic OH excluding ortho intramolecular Hbond substituents is 3. The van der Waals surface area contributed by atoms with Crippen molar-refractivity contribution in [1.82, 2.24) is 0 Å². The van der Waals surface area contributed by atoms with Crippen molar-refractivity contribution < 1.29 is 41.1 Å². The molecule has 0 unspecified atom stereocenters. The van der Waals surface area contributed by atoms with Crippen LogP contribution in [0.2, 0.25) is 0 Å². The van der Waals surface area contributed by atoms with Crippen LogP contribution in [-0.4, -0.2) is 29.2 Å². The molecule has 0 aliphatic carbocycles. The minimum atomic E-state index is -5.72. The van der Waals surface area contributed by atoms with Gasteiger partial charge in [0.25, 0.3) is 0 Å². The van der Waals surface area contributed by atoms with E-state index >= 15 is 0 Å². The van der Waals surface area contributed by atoms with Crippen LogP contribution in [0.4, 0.5) is 13.2 Å². The lowest BCUT2D eigenvalue weighted by atomic mass is 9.70. The van der Waals surface area contributed by atoms with Gasteiger partial charge in [-0.15, -0.1) is 0 Å². The van der Waals surface area contributed by atoms with Crippen LogP contribution >= 0.6 is 0 Å². The minimum Gasteiger partial charge on any atom is -0.508 e. The van der Waals surface area contributed by atoms with Crippen LogP contribution in [0.3, 0.4) is 0 Å². The number of halogens is 3. The van der Waals surface area contributed by atoms with Crippen LogP contribution in [-0.2, 0) is 20.9 Å². The zero-order valence-corrected chi connectivity index (χ0v) is 30.2. The van der Waals surface area contributed by atoms with Crippen LogP contribution in [0.25, 0.3) is 0 Å². The molecule has 0 radical (unpaired) electrons. The molecule has 4 aromatic carbocycles. The van der Waals surface area contributed by atoms with Gasteiger partial charge >= 0.3 is 15.6 Å². The third kappa shape index (κ3) is 8.01. The topological polar surface area (TPSA) is 104 Å². The fourth-order valence-electron chi connectivity index (χ4n) is 6.53. The molecular formula is C39H47F3O6S. The van der Waals surface area contributed by atoms with Gasteiger partial charge in [0.1, 0.15) is 23.0 Å². The van der Waals surface area contributed by atoms with Crippen molar-refractivity contribution in [3.8, 4) is 23.0 Å². The van der Waals surface area contributed by atoms with E-state index in [4.69, 9.17) is 0 Å². The summed E-state index contributed by atoms with van der Waals surface area (Å²) in [6.07, 6.45) is 3.35. The molecular weight excluding hydrogens is 653 g/mol. The third-order valence-corrected chi connectivity index (χ3v) is 10.8. The van der Waals surface area contributed by atoms with Gasteiger partial charge in [0, 0.05) is 10.8 Å². The monoisotopic (exact) mass is 700 g/mol. The molecule has 0 amide bonds. The maximum Gasteiger partial charge on any atom is 0.534 e. The zero-order valence-electron chi connectivity index (χ0n) is 29.4. The summed E-state index contributed by atoms with van der Waals surface area (Å²) < 4.78 is 64.6. The van der Waals surface area contributed by atoms with Crippen LogP contribution in [0, 0.1) is 27.7 Å². The average molecular weight is 701 g/mol. The normalized spacial score (nSPS) is 12.3. The van der Waals surface area contributed by atoms with Gasteiger partial charge in [-0.1, -0.05) is 76.2 Å².